The number of nitrogens with one attached hydrogen (secondary N) is 1. The fourth-order valence-electron chi connectivity index (χ4n) is 2.66. The van der Waals surface area contributed by atoms with E-state index in [0.717, 1.165) is 32.5 Å². The maximum Gasteiger partial charge on any atom is 0.242 e. The highest BCUT2D eigenvalue weighted by Crippen LogP contribution is 2.17. The SMILES string of the molecule is C[C@H]1OCCN[C@@H]1C(=O)N1CCCC(CN)C1. The van der Waals surface area contributed by atoms with Crippen LogP contribution in [-0.2, 0) is 9.53 Å². The van der Waals surface area contributed by atoms with Gasteiger partial charge in [-0.2, -0.15) is 0 Å². The number of likely N-dealkylation sites (tertiary alicyclic amines) is 1. The third-order valence-electron chi connectivity index (χ3n) is 3.75. The highest BCUT2D eigenvalue weighted by atomic mass is 16.5. The van der Waals surface area contributed by atoms with Crippen LogP contribution in [-0.4, -0.2) is 55.7 Å². The lowest BCUT2D eigenvalue weighted by atomic mass is 9.97. The first-order chi connectivity index (χ1) is 8.22. The smallest absolute Gasteiger partial charge is 0.242 e. The Morgan fingerprint density at radius 3 is 3.12 bits per heavy atom. The van der Waals surface area contributed by atoms with E-state index in [0.29, 0.717) is 19.1 Å². The van der Waals surface area contributed by atoms with Crippen LogP contribution in [0.1, 0.15) is 19.8 Å². The summed E-state index contributed by atoms with van der Waals surface area (Å²) in [4.78, 5) is 14.3. The van der Waals surface area contributed by atoms with Gasteiger partial charge in [0.2, 0.25) is 5.91 Å². The molecule has 2 fully saturated rings. The number of morpholine rings is 1. The van der Waals surface area contributed by atoms with E-state index in [1.807, 2.05) is 11.8 Å². The Balaban J connectivity index is 1.93. The molecule has 98 valence electrons. The Kier molecular flexibility index (Phi) is 4.36. The molecule has 2 aliphatic rings. The van der Waals surface area contributed by atoms with Crippen molar-refractivity contribution in [2.24, 2.45) is 11.7 Å². The zero-order valence-electron chi connectivity index (χ0n) is 10.5. The predicted molar refractivity (Wildman–Crippen MR) is 65.6 cm³/mol. The van der Waals surface area contributed by atoms with E-state index in [1.54, 1.807) is 0 Å². The van der Waals surface area contributed by atoms with Gasteiger partial charge in [-0.3, -0.25) is 4.79 Å². The number of carbonyl (C=O) groups excluding carboxylic acids is 1. The Labute approximate surface area is 103 Å². The maximum atomic E-state index is 12.4. The van der Waals surface area contributed by atoms with Crippen LogP contribution in [0.4, 0.5) is 0 Å². The first kappa shape index (κ1) is 12.8. The number of piperidine rings is 1. The third-order valence-corrected chi connectivity index (χ3v) is 3.75. The van der Waals surface area contributed by atoms with Gasteiger partial charge in [0.1, 0.15) is 6.04 Å². The van der Waals surface area contributed by atoms with E-state index in [9.17, 15) is 4.79 Å². The number of carbonyl (C=O) groups is 1. The van der Waals surface area contributed by atoms with E-state index in [-0.39, 0.29) is 18.1 Å². The molecule has 0 aromatic carbocycles. The average Bonchev–Trinajstić information content (AvgIpc) is 2.38. The lowest BCUT2D eigenvalue weighted by Gasteiger charge is -2.37. The fourth-order valence-corrected chi connectivity index (χ4v) is 2.66. The molecular formula is C12H23N3O2. The van der Waals surface area contributed by atoms with Crippen molar-refractivity contribution in [2.75, 3.05) is 32.8 Å². The molecule has 0 aromatic heterocycles. The van der Waals surface area contributed by atoms with Crippen molar-refractivity contribution in [2.45, 2.75) is 31.9 Å². The molecule has 0 spiro atoms. The van der Waals surface area contributed by atoms with Crippen molar-refractivity contribution < 1.29 is 9.53 Å². The standard InChI is InChI=1S/C12H23N3O2/c1-9-11(14-4-6-17-9)12(16)15-5-2-3-10(7-13)8-15/h9-11,14H,2-8,13H2,1H3/t9-,10?,11+/m1/s1. The summed E-state index contributed by atoms with van der Waals surface area (Å²) in [5, 5.41) is 3.25. The molecule has 3 N–H and O–H groups in total. The second-order valence-corrected chi connectivity index (χ2v) is 5.04. The summed E-state index contributed by atoms with van der Waals surface area (Å²) >= 11 is 0. The van der Waals surface area contributed by atoms with Crippen LogP contribution >= 0.6 is 0 Å². The van der Waals surface area contributed by atoms with Crippen LogP contribution in [0.5, 0.6) is 0 Å². The molecule has 2 heterocycles. The quantitative estimate of drug-likeness (QED) is 0.688. The van der Waals surface area contributed by atoms with Crippen LogP contribution in [0.2, 0.25) is 0 Å². The molecule has 5 heteroatoms. The molecule has 1 unspecified atom stereocenters. The van der Waals surface area contributed by atoms with Crippen molar-refractivity contribution in [1.29, 1.82) is 0 Å². The number of hydrogen-bond acceptors (Lipinski definition) is 4. The zero-order valence-corrected chi connectivity index (χ0v) is 10.5. The molecule has 1 amide bonds. The van der Waals surface area contributed by atoms with Gasteiger partial charge in [0.05, 0.1) is 12.7 Å². The van der Waals surface area contributed by atoms with Gasteiger partial charge in [-0.15, -0.1) is 0 Å². The van der Waals surface area contributed by atoms with E-state index < -0.39 is 0 Å². The number of nitrogens with zero attached hydrogens (tertiary/aromatic N) is 1. The summed E-state index contributed by atoms with van der Waals surface area (Å²) in [6.45, 7) is 5.75. The molecule has 3 atom stereocenters. The lowest BCUT2D eigenvalue weighted by molar-refractivity contribution is -0.141. The van der Waals surface area contributed by atoms with Crippen LogP contribution in [0.25, 0.3) is 0 Å². The lowest BCUT2D eigenvalue weighted by Crippen LogP contribution is -2.58. The summed E-state index contributed by atoms with van der Waals surface area (Å²) in [6, 6.07) is -0.180. The Morgan fingerprint density at radius 1 is 1.59 bits per heavy atom. The third kappa shape index (κ3) is 2.97. The molecule has 0 radical (unpaired) electrons. The second kappa shape index (κ2) is 5.80. The molecule has 0 saturated carbocycles. The molecule has 2 saturated heterocycles. The van der Waals surface area contributed by atoms with Crippen LogP contribution in [0.15, 0.2) is 0 Å². The minimum Gasteiger partial charge on any atom is -0.375 e. The number of ether oxygens (including phenoxy) is 1. The topological polar surface area (TPSA) is 67.6 Å². The van der Waals surface area contributed by atoms with Crippen molar-refractivity contribution >= 4 is 5.91 Å². The first-order valence-electron chi connectivity index (χ1n) is 6.56. The van der Waals surface area contributed by atoms with Crippen LogP contribution in [0, 0.1) is 5.92 Å². The van der Waals surface area contributed by atoms with Gasteiger partial charge in [0, 0.05) is 19.6 Å². The molecule has 0 bridgehead atoms. The molecule has 0 aromatic rings. The molecular weight excluding hydrogens is 218 g/mol. The Hall–Kier alpha value is -0.650. The summed E-state index contributed by atoms with van der Waals surface area (Å²) < 4.78 is 5.52. The fraction of sp³-hybridized carbons (Fsp3) is 0.917. The minimum atomic E-state index is -0.180. The van der Waals surface area contributed by atoms with Gasteiger partial charge >= 0.3 is 0 Å². The van der Waals surface area contributed by atoms with E-state index in [1.165, 1.54) is 0 Å². The first-order valence-corrected chi connectivity index (χ1v) is 6.56. The van der Waals surface area contributed by atoms with Crippen LogP contribution in [0.3, 0.4) is 0 Å². The summed E-state index contributed by atoms with van der Waals surface area (Å²) in [7, 11) is 0. The zero-order chi connectivity index (χ0) is 12.3. The van der Waals surface area contributed by atoms with Gasteiger partial charge in [0.25, 0.3) is 0 Å². The number of rotatable bonds is 2. The number of hydrogen-bond donors (Lipinski definition) is 2. The van der Waals surface area contributed by atoms with Crippen molar-refractivity contribution in [3.05, 3.63) is 0 Å². The van der Waals surface area contributed by atoms with Gasteiger partial charge in [-0.1, -0.05) is 0 Å². The average molecular weight is 241 g/mol. The summed E-state index contributed by atoms with van der Waals surface area (Å²) in [5.74, 6) is 0.642. The molecule has 2 aliphatic heterocycles. The molecule has 17 heavy (non-hydrogen) atoms. The maximum absolute atomic E-state index is 12.4. The normalized spacial score (nSPS) is 34.7. The van der Waals surface area contributed by atoms with Crippen molar-refractivity contribution in [3.63, 3.8) is 0 Å². The predicted octanol–water partition coefficient (Wildman–Crippen LogP) is -0.439. The van der Waals surface area contributed by atoms with E-state index in [4.69, 9.17) is 10.5 Å². The number of nitrogens with two attached hydrogens (primary N) is 1. The highest BCUT2D eigenvalue weighted by molar-refractivity contribution is 5.82. The van der Waals surface area contributed by atoms with Gasteiger partial charge in [0.15, 0.2) is 0 Å². The molecule has 5 nitrogen and oxygen atoms in total. The Morgan fingerprint density at radius 2 is 2.41 bits per heavy atom. The summed E-state index contributed by atoms with van der Waals surface area (Å²) in [5.41, 5.74) is 5.69. The van der Waals surface area contributed by atoms with Gasteiger partial charge in [-0.25, -0.2) is 0 Å². The van der Waals surface area contributed by atoms with Gasteiger partial charge < -0.3 is 20.7 Å². The monoisotopic (exact) mass is 241 g/mol. The molecule has 2 rings (SSSR count). The summed E-state index contributed by atoms with van der Waals surface area (Å²) in [6.07, 6.45) is 2.18. The van der Waals surface area contributed by atoms with Crippen molar-refractivity contribution in [3.8, 4) is 0 Å². The largest absolute Gasteiger partial charge is 0.375 e. The second-order valence-electron chi connectivity index (χ2n) is 5.04. The number of amides is 1. The van der Waals surface area contributed by atoms with E-state index >= 15 is 0 Å². The highest BCUT2D eigenvalue weighted by Gasteiger charge is 2.33. The molecule has 0 aliphatic carbocycles. The van der Waals surface area contributed by atoms with E-state index in [2.05, 4.69) is 5.32 Å². The van der Waals surface area contributed by atoms with Gasteiger partial charge in [-0.05, 0) is 32.2 Å². The minimum absolute atomic E-state index is 0.0329. The van der Waals surface area contributed by atoms with Crippen LogP contribution < -0.4 is 11.1 Å². The Bertz CT molecular complexity index is 272. The van der Waals surface area contributed by atoms with Crippen molar-refractivity contribution in [1.82, 2.24) is 10.2 Å².